The Balaban J connectivity index is 1.76. The fourth-order valence-electron chi connectivity index (χ4n) is 3.12. The Morgan fingerprint density at radius 1 is 1.03 bits per heavy atom. The van der Waals surface area contributed by atoms with Gasteiger partial charge in [-0.1, -0.05) is 0 Å². The third kappa shape index (κ3) is 4.30. The molecule has 4 rings (SSSR count). The number of imidazole rings is 1. The highest BCUT2D eigenvalue weighted by Gasteiger charge is 2.16. The molecule has 4 aromatic rings. The van der Waals surface area contributed by atoms with Gasteiger partial charge in [-0.25, -0.2) is 19.9 Å². The van der Waals surface area contributed by atoms with E-state index in [9.17, 15) is 4.79 Å². The first-order valence-corrected chi connectivity index (χ1v) is 9.84. The molecule has 0 aliphatic rings. The Labute approximate surface area is 179 Å². The molecule has 158 valence electrons. The summed E-state index contributed by atoms with van der Waals surface area (Å²) in [6.07, 6.45) is 3.45. The highest BCUT2D eigenvalue weighted by molar-refractivity contribution is 5.90. The van der Waals surface area contributed by atoms with Crippen molar-refractivity contribution in [3.63, 3.8) is 0 Å². The van der Waals surface area contributed by atoms with Crippen molar-refractivity contribution in [3.8, 4) is 17.3 Å². The minimum absolute atomic E-state index is 0.116. The summed E-state index contributed by atoms with van der Waals surface area (Å²) in [5.74, 6) is 1.52. The van der Waals surface area contributed by atoms with E-state index in [1.165, 1.54) is 6.92 Å². The molecule has 31 heavy (non-hydrogen) atoms. The maximum atomic E-state index is 11.2. The molecule has 3 heterocycles. The molecule has 0 saturated heterocycles. The van der Waals surface area contributed by atoms with Gasteiger partial charge in [-0.15, -0.1) is 0 Å². The van der Waals surface area contributed by atoms with Crippen LogP contribution in [0.1, 0.15) is 26.8 Å². The van der Waals surface area contributed by atoms with E-state index < -0.39 is 0 Å². The van der Waals surface area contributed by atoms with Crippen LogP contribution in [0.4, 0.5) is 17.2 Å². The van der Waals surface area contributed by atoms with Gasteiger partial charge in [-0.05, 0) is 44.2 Å². The summed E-state index contributed by atoms with van der Waals surface area (Å²) in [7, 11) is 1.57. The Hall–Kier alpha value is -4.01. The van der Waals surface area contributed by atoms with Crippen molar-refractivity contribution in [2.75, 3.05) is 17.7 Å². The lowest BCUT2D eigenvalue weighted by molar-refractivity contribution is -0.114. The van der Waals surface area contributed by atoms with E-state index in [1.807, 2.05) is 34.9 Å². The van der Waals surface area contributed by atoms with Crippen molar-refractivity contribution in [1.82, 2.24) is 24.5 Å². The number of nitrogens with one attached hydrogen (secondary N) is 2. The molecular formula is C22H23N7O2. The third-order valence-corrected chi connectivity index (χ3v) is 4.65. The van der Waals surface area contributed by atoms with Crippen molar-refractivity contribution in [2.45, 2.75) is 26.8 Å². The molecule has 0 aliphatic heterocycles. The first-order chi connectivity index (χ1) is 14.9. The molecule has 0 unspecified atom stereocenters. The zero-order valence-electron chi connectivity index (χ0n) is 17.7. The minimum atomic E-state index is -0.116. The third-order valence-electron chi connectivity index (χ3n) is 4.65. The average Bonchev–Trinajstić information content (AvgIpc) is 3.19. The van der Waals surface area contributed by atoms with Crippen LogP contribution in [0.3, 0.4) is 0 Å². The van der Waals surface area contributed by atoms with E-state index in [4.69, 9.17) is 14.7 Å². The van der Waals surface area contributed by atoms with Crippen LogP contribution in [0, 0.1) is 0 Å². The van der Waals surface area contributed by atoms with E-state index in [0.717, 1.165) is 22.6 Å². The number of ether oxygens (including phenoxy) is 1. The minimum Gasteiger partial charge on any atom is -0.481 e. The number of rotatable bonds is 6. The number of amides is 1. The van der Waals surface area contributed by atoms with Gasteiger partial charge < -0.3 is 19.9 Å². The van der Waals surface area contributed by atoms with Gasteiger partial charge in [0.25, 0.3) is 0 Å². The Morgan fingerprint density at radius 3 is 2.39 bits per heavy atom. The van der Waals surface area contributed by atoms with Crippen LogP contribution >= 0.6 is 0 Å². The van der Waals surface area contributed by atoms with E-state index in [1.54, 1.807) is 25.7 Å². The summed E-state index contributed by atoms with van der Waals surface area (Å²) >= 11 is 0. The number of aromatic nitrogens is 5. The number of hydrogen-bond acceptors (Lipinski definition) is 7. The summed E-state index contributed by atoms with van der Waals surface area (Å²) in [6.45, 7) is 5.63. The number of hydrogen-bond donors (Lipinski definition) is 2. The van der Waals surface area contributed by atoms with Gasteiger partial charge in [0.2, 0.25) is 11.8 Å². The van der Waals surface area contributed by atoms with Crippen molar-refractivity contribution >= 4 is 34.3 Å². The van der Waals surface area contributed by atoms with Crippen LogP contribution in [-0.4, -0.2) is 37.5 Å². The number of carbonyl (C=O) groups excluding carboxylic acids is 1. The van der Waals surface area contributed by atoms with Gasteiger partial charge in [-0.3, -0.25) is 4.79 Å². The van der Waals surface area contributed by atoms with Crippen LogP contribution in [0.5, 0.6) is 5.88 Å². The molecular weight excluding hydrogens is 394 g/mol. The zero-order chi connectivity index (χ0) is 22.0. The normalized spacial score (nSPS) is 11.0. The SMILES string of the molecule is COc1ccc(-c2nc(Nc3ccc(NC(C)=O)cc3)c3ncn(C(C)C)c3n2)cn1. The predicted molar refractivity (Wildman–Crippen MR) is 120 cm³/mol. The number of pyridine rings is 1. The molecule has 0 atom stereocenters. The predicted octanol–water partition coefficient (Wildman–Crippen LogP) is 4.18. The van der Waals surface area contributed by atoms with Crippen LogP contribution in [0.2, 0.25) is 0 Å². The van der Waals surface area contributed by atoms with Crippen LogP contribution in [0.15, 0.2) is 48.9 Å². The lowest BCUT2D eigenvalue weighted by Crippen LogP contribution is -2.06. The largest absolute Gasteiger partial charge is 0.481 e. The fraction of sp³-hybridized carbons (Fsp3) is 0.227. The highest BCUT2D eigenvalue weighted by atomic mass is 16.5. The molecule has 0 radical (unpaired) electrons. The number of nitrogens with zero attached hydrogens (tertiary/aromatic N) is 5. The molecule has 2 N–H and O–H groups in total. The van der Waals surface area contributed by atoms with E-state index in [2.05, 4.69) is 34.4 Å². The van der Waals surface area contributed by atoms with Crippen LogP contribution in [-0.2, 0) is 4.79 Å². The zero-order valence-corrected chi connectivity index (χ0v) is 17.7. The number of fused-ring (bicyclic) bond motifs is 1. The molecule has 1 amide bonds. The summed E-state index contributed by atoms with van der Waals surface area (Å²) in [6, 6.07) is 11.2. The number of benzene rings is 1. The Kier molecular flexibility index (Phi) is 5.48. The average molecular weight is 417 g/mol. The molecule has 0 saturated carbocycles. The smallest absolute Gasteiger partial charge is 0.221 e. The molecule has 9 heteroatoms. The van der Waals surface area contributed by atoms with Crippen molar-refractivity contribution < 1.29 is 9.53 Å². The van der Waals surface area contributed by atoms with Gasteiger partial charge in [0, 0.05) is 42.2 Å². The van der Waals surface area contributed by atoms with Crippen LogP contribution < -0.4 is 15.4 Å². The topological polar surface area (TPSA) is 107 Å². The maximum absolute atomic E-state index is 11.2. The monoisotopic (exact) mass is 417 g/mol. The van der Waals surface area contributed by atoms with Crippen molar-refractivity contribution in [3.05, 3.63) is 48.9 Å². The fourth-order valence-corrected chi connectivity index (χ4v) is 3.12. The molecule has 1 aromatic carbocycles. The molecule has 0 bridgehead atoms. The number of anilines is 3. The molecule has 0 spiro atoms. The van der Waals surface area contributed by atoms with E-state index >= 15 is 0 Å². The second-order valence-electron chi connectivity index (χ2n) is 7.29. The van der Waals surface area contributed by atoms with E-state index in [0.29, 0.717) is 23.0 Å². The lowest BCUT2D eigenvalue weighted by Gasteiger charge is -2.12. The second-order valence-corrected chi connectivity index (χ2v) is 7.29. The first kappa shape index (κ1) is 20.3. The van der Waals surface area contributed by atoms with E-state index in [-0.39, 0.29) is 11.9 Å². The Bertz CT molecular complexity index is 1220. The molecule has 0 fully saturated rings. The summed E-state index contributed by atoms with van der Waals surface area (Å²) in [4.78, 5) is 29.5. The maximum Gasteiger partial charge on any atom is 0.221 e. The quantitative estimate of drug-likeness (QED) is 0.485. The van der Waals surface area contributed by atoms with Gasteiger partial charge in [0.15, 0.2) is 22.8 Å². The van der Waals surface area contributed by atoms with Gasteiger partial charge in [0.05, 0.1) is 13.4 Å². The van der Waals surface area contributed by atoms with Gasteiger partial charge in [-0.2, -0.15) is 0 Å². The van der Waals surface area contributed by atoms with Crippen molar-refractivity contribution in [2.24, 2.45) is 0 Å². The van der Waals surface area contributed by atoms with Crippen LogP contribution in [0.25, 0.3) is 22.6 Å². The number of methoxy groups -OCH3 is 1. The first-order valence-electron chi connectivity index (χ1n) is 9.84. The number of carbonyl (C=O) groups is 1. The van der Waals surface area contributed by atoms with Gasteiger partial charge in [0.1, 0.15) is 0 Å². The Morgan fingerprint density at radius 2 is 1.77 bits per heavy atom. The highest BCUT2D eigenvalue weighted by Crippen LogP contribution is 2.28. The summed E-state index contributed by atoms with van der Waals surface area (Å²) in [5.41, 5.74) is 3.70. The van der Waals surface area contributed by atoms with Gasteiger partial charge >= 0.3 is 0 Å². The second kappa shape index (κ2) is 8.39. The molecule has 3 aromatic heterocycles. The summed E-state index contributed by atoms with van der Waals surface area (Å²) in [5, 5.41) is 6.08. The standard InChI is InChI=1S/C22H23N7O2/c1-13(2)29-12-24-19-21(26-17-8-6-16(7-9-17)25-14(3)30)27-20(28-22(19)29)15-5-10-18(31-4)23-11-15/h5-13H,1-4H3,(H,25,30)(H,26,27,28). The summed E-state index contributed by atoms with van der Waals surface area (Å²) < 4.78 is 7.15. The molecule has 0 aliphatic carbocycles. The molecule has 9 nitrogen and oxygen atoms in total. The van der Waals surface area contributed by atoms with Crippen molar-refractivity contribution in [1.29, 1.82) is 0 Å². The lowest BCUT2D eigenvalue weighted by atomic mass is 10.2.